The number of ether oxygens (including phenoxy) is 2. The van der Waals surface area contributed by atoms with Crippen molar-refractivity contribution in [3.63, 3.8) is 0 Å². The quantitative estimate of drug-likeness (QED) is 0.0215. The van der Waals surface area contributed by atoms with Gasteiger partial charge in [0.05, 0.1) is 25.4 Å². The molecule has 1 rings (SSSR count). The van der Waals surface area contributed by atoms with E-state index in [0.717, 1.165) is 64.2 Å². The fourth-order valence-electron chi connectivity index (χ4n) is 8.70. The molecular weight excluding hydrogens is 859 g/mol. The predicted octanol–water partition coefficient (Wildman–Crippen LogP) is 11.3. The monoisotopic (exact) mass is 964 g/mol. The molecule has 0 bridgehead atoms. The van der Waals surface area contributed by atoms with Crippen LogP contribution in [0.25, 0.3) is 0 Å². The van der Waals surface area contributed by atoms with Crippen LogP contribution in [0.15, 0.2) is 48.6 Å². The summed E-state index contributed by atoms with van der Waals surface area (Å²) in [5, 5.41) is 76.0. The SMILES string of the molecule is CCCCCCCCC/C=C/CC/C=C/CC/C=C/CCCC(O)C(O)C(COC1OC(CO)C(O)C(O)C1O)NC(=O)C(O)CCCCCCCC/C=C\CCCCCCCCCCCCC. The summed E-state index contributed by atoms with van der Waals surface area (Å²) in [4.78, 5) is 13.2. The molecule has 0 aromatic heterocycles. The average Bonchev–Trinajstić information content (AvgIpc) is 3.34. The van der Waals surface area contributed by atoms with Gasteiger partial charge in [0, 0.05) is 0 Å². The van der Waals surface area contributed by atoms with E-state index < -0.39 is 74.2 Å². The molecule has 0 saturated carbocycles. The number of carbonyl (C=O) groups excluding carboxylic acids is 1. The van der Waals surface area contributed by atoms with E-state index >= 15 is 0 Å². The summed E-state index contributed by atoms with van der Waals surface area (Å²) in [7, 11) is 0. The molecule has 1 aliphatic rings. The molecule has 1 heterocycles. The molecule has 0 aliphatic carbocycles. The number of unbranched alkanes of at least 4 members (excludes halogenated alkanes) is 27. The summed E-state index contributed by atoms with van der Waals surface area (Å²) in [5.41, 5.74) is 0. The van der Waals surface area contributed by atoms with Crippen LogP contribution in [0.1, 0.15) is 239 Å². The Morgan fingerprint density at radius 2 is 0.882 bits per heavy atom. The molecule has 8 N–H and O–H groups in total. The summed E-state index contributed by atoms with van der Waals surface area (Å²) in [6, 6.07) is -1.20. The lowest BCUT2D eigenvalue weighted by molar-refractivity contribution is -0.303. The Bertz CT molecular complexity index is 1240. The Morgan fingerprint density at radius 1 is 0.500 bits per heavy atom. The van der Waals surface area contributed by atoms with Crippen molar-refractivity contribution in [2.24, 2.45) is 0 Å². The van der Waals surface area contributed by atoms with Crippen molar-refractivity contribution >= 4 is 5.91 Å². The van der Waals surface area contributed by atoms with Gasteiger partial charge in [-0.2, -0.15) is 0 Å². The van der Waals surface area contributed by atoms with Crippen LogP contribution in [0, 0.1) is 0 Å². The number of carbonyl (C=O) groups is 1. The third kappa shape index (κ3) is 34.4. The van der Waals surface area contributed by atoms with Crippen molar-refractivity contribution in [2.45, 2.75) is 294 Å². The van der Waals surface area contributed by atoms with Gasteiger partial charge in [0.25, 0.3) is 0 Å². The highest BCUT2D eigenvalue weighted by Gasteiger charge is 2.44. The minimum atomic E-state index is -1.67. The molecule has 1 saturated heterocycles. The first-order chi connectivity index (χ1) is 33.2. The Kier molecular flexibility index (Phi) is 43.5. The van der Waals surface area contributed by atoms with Crippen molar-refractivity contribution in [1.82, 2.24) is 5.32 Å². The maximum atomic E-state index is 13.2. The molecule has 11 nitrogen and oxygen atoms in total. The lowest BCUT2D eigenvalue weighted by Gasteiger charge is -2.40. The van der Waals surface area contributed by atoms with Gasteiger partial charge in [0.1, 0.15) is 36.6 Å². The van der Waals surface area contributed by atoms with E-state index in [9.17, 15) is 40.5 Å². The number of rotatable bonds is 47. The second kappa shape index (κ2) is 46.2. The minimum Gasteiger partial charge on any atom is -0.394 e. The fourth-order valence-corrected chi connectivity index (χ4v) is 8.70. The molecule has 9 unspecified atom stereocenters. The van der Waals surface area contributed by atoms with Crippen molar-refractivity contribution in [2.75, 3.05) is 13.2 Å². The van der Waals surface area contributed by atoms with E-state index in [-0.39, 0.29) is 12.8 Å². The van der Waals surface area contributed by atoms with Crippen molar-refractivity contribution in [3.05, 3.63) is 48.6 Å². The Morgan fingerprint density at radius 3 is 1.31 bits per heavy atom. The zero-order chi connectivity index (χ0) is 49.7. The van der Waals surface area contributed by atoms with Gasteiger partial charge in [-0.05, 0) is 89.9 Å². The number of hydrogen-bond acceptors (Lipinski definition) is 10. The van der Waals surface area contributed by atoms with E-state index in [1.807, 2.05) is 0 Å². The van der Waals surface area contributed by atoms with Gasteiger partial charge < -0.3 is 50.5 Å². The molecule has 68 heavy (non-hydrogen) atoms. The normalized spacial score (nSPS) is 20.9. The molecule has 1 aliphatic heterocycles. The van der Waals surface area contributed by atoms with Crippen LogP contribution in [-0.4, -0.2) is 110 Å². The van der Waals surface area contributed by atoms with E-state index in [0.29, 0.717) is 19.3 Å². The molecular formula is C57H105NO10. The smallest absolute Gasteiger partial charge is 0.249 e. The van der Waals surface area contributed by atoms with Crippen LogP contribution in [0.5, 0.6) is 0 Å². The molecule has 398 valence electrons. The summed E-state index contributed by atoms with van der Waals surface area (Å²) in [5.74, 6) is -0.717. The first-order valence-electron chi connectivity index (χ1n) is 28.0. The number of allylic oxidation sites excluding steroid dienone is 8. The van der Waals surface area contributed by atoms with Crippen molar-refractivity contribution < 1.29 is 50.0 Å². The summed E-state index contributed by atoms with van der Waals surface area (Å²) >= 11 is 0. The van der Waals surface area contributed by atoms with E-state index in [1.165, 1.54) is 128 Å². The molecule has 0 spiro atoms. The zero-order valence-corrected chi connectivity index (χ0v) is 43.3. The molecule has 1 amide bonds. The van der Waals surface area contributed by atoms with Crippen LogP contribution in [0.3, 0.4) is 0 Å². The van der Waals surface area contributed by atoms with Crippen LogP contribution in [0.4, 0.5) is 0 Å². The van der Waals surface area contributed by atoms with Gasteiger partial charge in [-0.15, -0.1) is 0 Å². The number of hydrogen-bond donors (Lipinski definition) is 8. The third-order valence-corrected chi connectivity index (χ3v) is 13.3. The van der Waals surface area contributed by atoms with Gasteiger partial charge in [0.2, 0.25) is 5.91 Å². The Labute approximate surface area is 415 Å². The zero-order valence-electron chi connectivity index (χ0n) is 43.3. The molecule has 0 aromatic rings. The molecule has 9 atom stereocenters. The maximum Gasteiger partial charge on any atom is 0.249 e. The fraction of sp³-hybridized carbons (Fsp3) is 0.842. The second-order valence-corrected chi connectivity index (χ2v) is 19.6. The van der Waals surface area contributed by atoms with E-state index in [4.69, 9.17) is 9.47 Å². The number of nitrogens with one attached hydrogen (secondary N) is 1. The van der Waals surface area contributed by atoms with Gasteiger partial charge >= 0.3 is 0 Å². The van der Waals surface area contributed by atoms with Crippen LogP contribution in [0.2, 0.25) is 0 Å². The maximum absolute atomic E-state index is 13.2. The largest absolute Gasteiger partial charge is 0.394 e. The van der Waals surface area contributed by atoms with Crippen LogP contribution in [-0.2, 0) is 14.3 Å². The van der Waals surface area contributed by atoms with E-state index in [2.05, 4.69) is 67.8 Å². The highest BCUT2D eigenvalue weighted by atomic mass is 16.7. The van der Waals surface area contributed by atoms with E-state index in [1.54, 1.807) is 0 Å². The molecule has 0 radical (unpaired) electrons. The Balaban J connectivity index is 2.39. The Hall–Kier alpha value is -1.93. The van der Waals surface area contributed by atoms with Gasteiger partial charge in [-0.25, -0.2) is 0 Å². The summed E-state index contributed by atoms with van der Waals surface area (Å²) in [6.45, 7) is 3.43. The highest BCUT2D eigenvalue weighted by molar-refractivity contribution is 5.80. The summed E-state index contributed by atoms with van der Waals surface area (Å²) in [6.07, 6.45) is 45.9. The predicted molar refractivity (Wildman–Crippen MR) is 279 cm³/mol. The number of aliphatic hydroxyl groups excluding tert-OH is 7. The van der Waals surface area contributed by atoms with Crippen molar-refractivity contribution in [1.29, 1.82) is 0 Å². The standard InChI is InChI=1S/C57H105NO10/c1-3-5-7-9-11-13-15-17-19-21-23-25-27-29-31-33-35-37-39-41-43-45-50(61)56(66)58-48(47-67-57-55(65)54(64)53(63)51(46-59)68-57)52(62)49(60)44-42-40-38-36-34-32-30-28-26-24-22-20-18-16-14-12-10-8-6-4-2/h20,22,27-30,36,38,48-55,57,59-65H,3-19,21,23-26,31-35,37,39-47H2,1-2H3,(H,58,66)/b22-20+,29-27-,30-28+,38-36+. The van der Waals surface area contributed by atoms with Gasteiger partial charge in [0.15, 0.2) is 6.29 Å². The van der Waals surface area contributed by atoms with Crippen LogP contribution >= 0.6 is 0 Å². The molecule has 0 aromatic carbocycles. The highest BCUT2D eigenvalue weighted by Crippen LogP contribution is 2.23. The number of amides is 1. The average molecular weight is 964 g/mol. The van der Waals surface area contributed by atoms with Crippen LogP contribution < -0.4 is 5.32 Å². The summed E-state index contributed by atoms with van der Waals surface area (Å²) < 4.78 is 11.1. The van der Waals surface area contributed by atoms with Gasteiger partial charge in [-0.1, -0.05) is 197 Å². The minimum absolute atomic E-state index is 0.239. The lowest BCUT2D eigenvalue weighted by Crippen LogP contribution is -2.60. The molecule has 1 fully saturated rings. The topological polar surface area (TPSA) is 189 Å². The first kappa shape index (κ1) is 64.1. The lowest BCUT2D eigenvalue weighted by atomic mass is 9.98. The first-order valence-corrected chi connectivity index (χ1v) is 28.0. The van der Waals surface area contributed by atoms with Crippen molar-refractivity contribution in [3.8, 4) is 0 Å². The third-order valence-electron chi connectivity index (χ3n) is 13.3. The van der Waals surface area contributed by atoms with Gasteiger partial charge in [-0.3, -0.25) is 4.79 Å². The number of aliphatic hydroxyl groups is 7. The second-order valence-electron chi connectivity index (χ2n) is 19.6. The molecule has 11 heteroatoms.